The third-order valence-corrected chi connectivity index (χ3v) is 9.11. The van der Waals surface area contributed by atoms with Crippen LogP contribution in [-0.4, -0.2) is 34.9 Å². The highest BCUT2D eigenvalue weighted by Gasteiger charge is 2.58. The van der Waals surface area contributed by atoms with Crippen molar-refractivity contribution in [3.05, 3.63) is 30.3 Å². The largest absolute Gasteiger partial charge is 0.505 e. The lowest BCUT2D eigenvalue weighted by Crippen LogP contribution is -1.99. The monoisotopic (exact) mass is 467 g/mol. The van der Waals surface area contributed by atoms with Gasteiger partial charge in [0, 0.05) is 11.1 Å². The second-order valence-electron chi connectivity index (χ2n) is 6.62. The zero-order valence-electron chi connectivity index (χ0n) is 14.4. The Kier molecular flexibility index (Phi) is 3.37. The van der Waals surface area contributed by atoms with Crippen LogP contribution >= 0.6 is 0 Å². The standard InChI is InChI=1S/C16H9N3O8S3/c17-7-1-2-8-6(3-7)4-10(30(25,26)27)12(13(8)20)19-18-9-5-11-15(28(11,21)22)16-14(9)29(16,23)24/h1-5,20H,17H2,(H,25,26,27). The first-order chi connectivity index (χ1) is 13.8. The lowest BCUT2D eigenvalue weighted by Gasteiger charge is -2.09. The molecule has 2 aliphatic heterocycles. The average Bonchev–Trinajstić information content (AvgIpc) is 3.41. The summed E-state index contributed by atoms with van der Waals surface area (Å²) >= 11 is 0. The van der Waals surface area contributed by atoms with E-state index < -0.39 is 46.1 Å². The normalized spacial score (nSPS) is 17.6. The van der Waals surface area contributed by atoms with Crippen LogP contribution in [0.1, 0.15) is 0 Å². The van der Waals surface area contributed by atoms with Crippen LogP contribution in [0.25, 0.3) is 10.8 Å². The van der Waals surface area contributed by atoms with Crippen molar-refractivity contribution in [3.8, 4) is 5.75 Å². The Labute approximate surface area is 169 Å². The van der Waals surface area contributed by atoms with E-state index in [9.17, 15) is 34.9 Å². The van der Waals surface area contributed by atoms with E-state index in [1.54, 1.807) is 0 Å². The van der Waals surface area contributed by atoms with E-state index in [1.807, 2.05) is 0 Å². The van der Waals surface area contributed by atoms with Crippen molar-refractivity contribution in [2.75, 3.05) is 5.73 Å². The quantitative estimate of drug-likeness (QED) is 0.154. The van der Waals surface area contributed by atoms with Gasteiger partial charge in [0.05, 0.1) is 4.90 Å². The molecule has 3 aromatic rings. The summed E-state index contributed by atoms with van der Waals surface area (Å²) in [6.45, 7) is 0. The number of phenols is 1. The van der Waals surface area contributed by atoms with Crippen molar-refractivity contribution in [2.24, 2.45) is 10.2 Å². The number of phenolic OH excluding ortho intramolecular Hbond substituents is 1. The van der Waals surface area contributed by atoms with E-state index >= 15 is 0 Å². The number of aromatic hydroxyl groups is 1. The molecule has 2 aliphatic rings. The van der Waals surface area contributed by atoms with E-state index in [4.69, 9.17) is 5.73 Å². The molecule has 11 nitrogen and oxygen atoms in total. The summed E-state index contributed by atoms with van der Waals surface area (Å²) in [6, 6.07) is 6.23. The lowest BCUT2D eigenvalue weighted by molar-refractivity contribution is 0.472. The van der Waals surface area contributed by atoms with Gasteiger partial charge in [-0.3, -0.25) is 4.55 Å². The van der Waals surface area contributed by atoms with Gasteiger partial charge in [0.15, 0.2) is 5.75 Å². The maximum absolute atomic E-state index is 12.0. The first-order valence-corrected chi connectivity index (χ1v) is 12.4. The first-order valence-electron chi connectivity index (χ1n) is 8.01. The zero-order valence-corrected chi connectivity index (χ0v) is 16.9. The molecule has 4 N–H and O–H groups in total. The van der Waals surface area contributed by atoms with Gasteiger partial charge in [-0.15, -0.1) is 10.2 Å². The van der Waals surface area contributed by atoms with Crippen molar-refractivity contribution in [1.29, 1.82) is 0 Å². The summed E-state index contributed by atoms with van der Waals surface area (Å²) < 4.78 is 80.9. The molecule has 0 amide bonds. The summed E-state index contributed by atoms with van der Waals surface area (Å²) in [6.07, 6.45) is 0. The fourth-order valence-corrected chi connectivity index (χ4v) is 7.66. The smallest absolute Gasteiger partial charge is 0.296 e. The molecule has 0 fully saturated rings. The minimum atomic E-state index is -4.87. The molecule has 0 unspecified atom stereocenters. The van der Waals surface area contributed by atoms with Crippen molar-refractivity contribution in [2.45, 2.75) is 24.5 Å². The molecule has 2 heterocycles. The number of hydrogen-bond donors (Lipinski definition) is 3. The Hall–Kier alpha value is -3.07. The van der Waals surface area contributed by atoms with Crippen LogP contribution < -0.4 is 5.73 Å². The van der Waals surface area contributed by atoms with Gasteiger partial charge in [-0.2, -0.15) is 8.42 Å². The number of nitrogens with zero attached hydrogens (tertiary/aromatic N) is 2. The molecule has 30 heavy (non-hydrogen) atoms. The second-order valence-corrected chi connectivity index (χ2v) is 11.7. The van der Waals surface area contributed by atoms with E-state index in [0.717, 1.165) is 12.1 Å². The molecule has 5 rings (SSSR count). The van der Waals surface area contributed by atoms with Gasteiger partial charge in [0.2, 0.25) is 19.7 Å². The number of sulfone groups is 2. The average molecular weight is 467 g/mol. The van der Waals surface area contributed by atoms with Crippen LogP contribution in [-0.2, 0) is 29.8 Å². The summed E-state index contributed by atoms with van der Waals surface area (Å²) in [4.78, 5) is -1.93. The number of anilines is 1. The molecule has 0 spiro atoms. The van der Waals surface area contributed by atoms with Crippen LogP contribution in [0.15, 0.2) is 65.0 Å². The van der Waals surface area contributed by atoms with Crippen molar-refractivity contribution < 1.29 is 34.9 Å². The third kappa shape index (κ3) is 2.41. The fourth-order valence-electron chi connectivity index (χ4n) is 3.29. The maximum Gasteiger partial charge on any atom is 0.296 e. The highest BCUT2D eigenvalue weighted by atomic mass is 32.2. The van der Waals surface area contributed by atoms with Gasteiger partial charge in [0.25, 0.3) is 10.1 Å². The van der Waals surface area contributed by atoms with Gasteiger partial charge in [0.1, 0.15) is 31.0 Å². The summed E-state index contributed by atoms with van der Waals surface area (Å²) in [5, 5.41) is 18.2. The number of nitrogens with two attached hydrogens (primary N) is 1. The number of azo groups is 1. The highest BCUT2D eigenvalue weighted by molar-refractivity contribution is 8.01. The predicted octanol–water partition coefficient (Wildman–Crippen LogP) is 2.08. The molecular weight excluding hydrogens is 458 g/mol. The highest BCUT2D eigenvalue weighted by Crippen LogP contribution is 2.60. The molecule has 0 saturated heterocycles. The second kappa shape index (κ2) is 5.34. The number of fused-ring (bicyclic) bond motifs is 4. The molecule has 0 aromatic heterocycles. The minimum Gasteiger partial charge on any atom is -0.505 e. The topological polar surface area (TPSA) is 194 Å². The number of hydrogen-bond acceptors (Lipinski definition) is 10. The van der Waals surface area contributed by atoms with Gasteiger partial charge in [-0.05, 0) is 35.7 Å². The van der Waals surface area contributed by atoms with E-state index in [2.05, 4.69) is 10.2 Å². The summed E-state index contributed by atoms with van der Waals surface area (Å²) in [5.41, 5.74) is 4.97. The lowest BCUT2D eigenvalue weighted by atomic mass is 10.1. The van der Waals surface area contributed by atoms with E-state index in [1.165, 1.54) is 18.2 Å². The molecule has 14 heteroatoms. The van der Waals surface area contributed by atoms with Gasteiger partial charge in [-0.1, -0.05) is 0 Å². The number of rotatable bonds is 3. The first kappa shape index (κ1) is 18.9. The Morgan fingerprint density at radius 3 is 2.27 bits per heavy atom. The Morgan fingerprint density at radius 2 is 1.60 bits per heavy atom. The Morgan fingerprint density at radius 1 is 0.900 bits per heavy atom. The van der Waals surface area contributed by atoms with Crippen LogP contribution in [0.5, 0.6) is 5.75 Å². The molecular formula is C16H9N3O8S3. The van der Waals surface area contributed by atoms with Crippen LogP contribution in [0.2, 0.25) is 0 Å². The molecule has 0 saturated carbocycles. The predicted molar refractivity (Wildman–Crippen MR) is 101 cm³/mol. The number of nitrogen functional groups attached to an aromatic ring is 1. The molecule has 154 valence electrons. The SMILES string of the molecule is Nc1ccc2c(O)c(N=Nc3cc4c(c5c3S5(=O)=O)S4(=O)=O)c(S(=O)(=O)O)cc2c1. The van der Waals surface area contributed by atoms with Crippen molar-refractivity contribution in [3.63, 3.8) is 0 Å². The number of benzene rings is 3. The van der Waals surface area contributed by atoms with Crippen LogP contribution in [0.4, 0.5) is 17.1 Å². The van der Waals surface area contributed by atoms with Gasteiger partial charge >= 0.3 is 0 Å². The minimum absolute atomic E-state index is 0.150. The van der Waals surface area contributed by atoms with Crippen LogP contribution in [0.3, 0.4) is 0 Å². The summed E-state index contributed by atoms with van der Waals surface area (Å²) in [5.74, 6) is -0.646. The summed E-state index contributed by atoms with van der Waals surface area (Å²) in [7, 11) is -12.6. The molecule has 0 radical (unpaired) electrons. The van der Waals surface area contributed by atoms with Gasteiger partial charge < -0.3 is 10.8 Å². The van der Waals surface area contributed by atoms with Crippen molar-refractivity contribution >= 4 is 57.6 Å². The van der Waals surface area contributed by atoms with Gasteiger partial charge in [-0.25, -0.2) is 16.8 Å². The molecule has 0 aliphatic carbocycles. The zero-order chi connectivity index (χ0) is 21.8. The molecule has 0 atom stereocenters. The van der Waals surface area contributed by atoms with Crippen molar-refractivity contribution in [1.82, 2.24) is 0 Å². The van der Waals surface area contributed by atoms with E-state index in [0.29, 0.717) is 0 Å². The van der Waals surface area contributed by atoms with E-state index in [-0.39, 0.29) is 41.7 Å². The van der Waals surface area contributed by atoms with Crippen LogP contribution in [0, 0.1) is 0 Å². The Bertz CT molecular complexity index is 1710. The third-order valence-electron chi connectivity index (χ3n) is 4.76. The molecule has 0 bridgehead atoms. The maximum atomic E-state index is 12.0. The molecule has 3 aromatic carbocycles. The Balaban J connectivity index is 1.74. The fraction of sp³-hybridized carbons (Fsp3) is 0.